The molecule has 1 aliphatic rings. The molecule has 0 radical (unpaired) electrons. The Kier molecular flexibility index (Phi) is 4.05. The fourth-order valence-corrected chi connectivity index (χ4v) is 4.02. The van der Waals surface area contributed by atoms with Gasteiger partial charge < -0.3 is 15.0 Å². The third-order valence-corrected chi connectivity index (χ3v) is 5.50. The molecule has 4 rings (SSSR count). The Morgan fingerprint density at radius 1 is 1.28 bits per heavy atom. The Balaban J connectivity index is 1.41. The van der Waals surface area contributed by atoms with E-state index in [1.807, 2.05) is 24.3 Å². The van der Waals surface area contributed by atoms with E-state index in [1.54, 1.807) is 18.4 Å². The van der Waals surface area contributed by atoms with Crippen LogP contribution in [0.5, 0.6) is 5.75 Å². The molecule has 3 aromatic rings. The van der Waals surface area contributed by atoms with Crippen LogP contribution in [-0.2, 0) is 4.79 Å². The van der Waals surface area contributed by atoms with Gasteiger partial charge >= 0.3 is 0 Å². The third-order valence-electron chi connectivity index (χ3n) is 4.42. The molecule has 1 saturated heterocycles. The summed E-state index contributed by atoms with van der Waals surface area (Å²) >= 11 is 1.68. The van der Waals surface area contributed by atoms with Gasteiger partial charge in [-0.2, -0.15) is 0 Å². The van der Waals surface area contributed by atoms with Crippen molar-refractivity contribution >= 4 is 38.3 Å². The molecular formula is C19H19N3O2S. The van der Waals surface area contributed by atoms with Crippen molar-refractivity contribution in [2.75, 3.05) is 30.4 Å². The number of rotatable bonds is 4. The summed E-state index contributed by atoms with van der Waals surface area (Å²) in [5.74, 6) is 0.671. The number of hydrogen-bond donors (Lipinski definition) is 1. The molecule has 0 unspecified atom stereocenters. The summed E-state index contributed by atoms with van der Waals surface area (Å²) < 4.78 is 6.47. The molecule has 1 aromatic heterocycles. The van der Waals surface area contributed by atoms with Gasteiger partial charge in [0.2, 0.25) is 5.91 Å². The Morgan fingerprint density at radius 3 is 2.88 bits per heavy atom. The first kappa shape index (κ1) is 15.9. The number of anilines is 2. The molecule has 1 N–H and O–H groups in total. The molecule has 2 heterocycles. The Morgan fingerprint density at radius 2 is 2.08 bits per heavy atom. The van der Waals surface area contributed by atoms with Crippen LogP contribution < -0.4 is 15.0 Å². The summed E-state index contributed by atoms with van der Waals surface area (Å²) in [6, 6.07) is 13.7. The first-order valence-corrected chi connectivity index (χ1v) is 9.02. The minimum absolute atomic E-state index is 0.0257. The van der Waals surface area contributed by atoms with Crippen LogP contribution in [-0.4, -0.2) is 31.1 Å². The number of aromatic nitrogens is 1. The van der Waals surface area contributed by atoms with Crippen molar-refractivity contribution in [1.29, 1.82) is 0 Å². The zero-order valence-corrected chi connectivity index (χ0v) is 15.0. The highest BCUT2D eigenvalue weighted by molar-refractivity contribution is 7.22. The van der Waals surface area contributed by atoms with Gasteiger partial charge in [-0.15, -0.1) is 0 Å². The Labute approximate surface area is 150 Å². The van der Waals surface area contributed by atoms with Crippen LogP contribution >= 0.6 is 11.3 Å². The van der Waals surface area contributed by atoms with Gasteiger partial charge in [0.05, 0.1) is 28.9 Å². The normalized spacial score (nSPS) is 14.4. The summed E-state index contributed by atoms with van der Waals surface area (Å²) in [5, 5.41) is 3.95. The number of nitrogens with zero attached hydrogens (tertiary/aromatic N) is 2. The second-order valence-corrected chi connectivity index (χ2v) is 7.27. The number of ether oxygens (including phenoxy) is 1. The molecule has 0 spiro atoms. The van der Waals surface area contributed by atoms with Crippen molar-refractivity contribution in [3.63, 3.8) is 0 Å². The van der Waals surface area contributed by atoms with Gasteiger partial charge in [0.15, 0.2) is 5.13 Å². The number of amides is 1. The largest absolute Gasteiger partial charge is 0.495 e. The molecule has 6 heteroatoms. The average Bonchev–Trinajstić information content (AvgIpc) is 2.96. The van der Waals surface area contributed by atoms with Crippen LogP contribution in [0.3, 0.4) is 0 Å². The molecule has 0 bridgehead atoms. The van der Waals surface area contributed by atoms with Crippen LogP contribution in [0.25, 0.3) is 10.2 Å². The highest BCUT2D eigenvalue weighted by atomic mass is 32.1. The summed E-state index contributed by atoms with van der Waals surface area (Å²) in [4.78, 5) is 19.3. The van der Waals surface area contributed by atoms with E-state index in [4.69, 9.17) is 4.74 Å². The lowest BCUT2D eigenvalue weighted by Crippen LogP contribution is -2.52. The second kappa shape index (κ2) is 6.37. The highest BCUT2D eigenvalue weighted by Crippen LogP contribution is 2.34. The van der Waals surface area contributed by atoms with E-state index in [1.165, 1.54) is 10.3 Å². The van der Waals surface area contributed by atoms with E-state index in [9.17, 15) is 4.79 Å². The molecular weight excluding hydrogens is 334 g/mol. The molecule has 1 fully saturated rings. The van der Waals surface area contributed by atoms with Crippen molar-refractivity contribution in [1.82, 2.24) is 4.98 Å². The molecule has 0 atom stereocenters. The topological polar surface area (TPSA) is 54.5 Å². The lowest BCUT2D eigenvalue weighted by Gasteiger charge is -2.38. The number of methoxy groups -OCH3 is 1. The van der Waals surface area contributed by atoms with Crippen LogP contribution in [0, 0.1) is 12.8 Å². The van der Waals surface area contributed by atoms with E-state index in [0.29, 0.717) is 24.5 Å². The number of aryl methyl sites for hydroxylation is 1. The van der Waals surface area contributed by atoms with Crippen LogP contribution in [0.4, 0.5) is 10.8 Å². The fraction of sp³-hybridized carbons (Fsp3) is 0.263. The zero-order valence-electron chi connectivity index (χ0n) is 14.2. The smallest absolute Gasteiger partial charge is 0.231 e. The number of carbonyl (C=O) groups excluding carboxylic acids is 1. The molecule has 5 nitrogen and oxygen atoms in total. The lowest BCUT2D eigenvalue weighted by atomic mass is 10.00. The first-order chi connectivity index (χ1) is 12.1. The van der Waals surface area contributed by atoms with Crippen molar-refractivity contribution in [3.8, 4) is 5.75 Å². The van der Waals surface area contributed by atoms with Gasteiger partial charge in [-0.3, -0.25) is 4.79 Å². The van der Waals surface area contributed by atoms with Gasteiger partial charge in [0.1, 0.15) is 5.75 Å². The number of carbonyl (C=O) groups is 1. The van der Waals surface area contributed by atoms with E-state index < -0.39 is 0 Å². The van der Waals surface area contributed by atoms with E-state index in [2.05, 4.69) is 40.3 Å². The third kappa shape index (κ3) is 3.05. The number of fused-ring (bicyclic) bond motifs is 1. The minimum Gasteiger partial charge on any atom is -0.495 e. The number of benzene rings is 2. The van der Waals surface area contributed by atoms with Gasteiger partial charge in [-0.25, -0.2) is 4.98 Å². The second-order valence-electron chi connectivity index (χ2n) is 6.26. The summed E-state index contributed by atoms with van der Waals surface area (Å²) in [5.41, 5.74) is 2.97. The van der Waals surface area contributed by atoms with Crippen LogP contribution in [0.2, 0.25) is 0 Å². The summed E-state index contributed by atoms with van der Waals surface area (Å²) in [6.07, 6.45) is 0. The monoisotopic (exact) mass is 353 g/mol. The van der Waals surface area contributed by atoms with Crippen molar-refractivity contribution in [3.05, 3.63) is 48.0 Å². The first-order valence-electron chi connectivity index (χ1n) is 8.20. The molecule has 1 amide bonds. The quantitative estimate of drug-likeness (QED) is 0.777. The SMILES string of the molecule is COc1ccccc1NC(=O)C1CN(c2nc3ccc(C)cc3s2)C1. The maximum Gasteiger partial charge on any atom is 0.231 e. The average molecular weight is 353 g/mol. The Bertz CT molecular complexity index is 931. The number of nitrogens with one attached hydrogen (secondary N) is 1. The number of hydrogen-bond acceptors (Lipinski definition) is 5. The fourth-order valence-electron chi connectivity index (χ4n) is 2.94. The van der Waals surface area contributed by atoms with E-state index in [0.717, 1.165) is 10.6 Å². The Hall–Kier alpha value is -2.60. The molecule has 25 heavy (non-hydrogen) atoms. The minimum atomic E-state index is -0.0290. The summed E-state index contributed by atoms with van der Waals surface area (Å²) in [6.45, 7) is 3.47. The van der Waals surface area contributed by atoms with Gasteiger partial charge in [0.25, 0.3) is 0 Å². The molecule has 0 aliphatic carbocycles. The van der Waals surface area contributed by atoms with Crippen molar-refractivity contribution in [2.24, 2.45) is 5.92 Å². The lowest BCUT2D eigenvalue weighted by molar-refractivity contribution is -0.120. The van der Waals surface area contributed by atoms with Gasteiger partial charge in [-0.1, -0.05) is 29.5 Å². The highest BCUT2D eigenvalue weighted by Gasteiger charge is 2.34. The standard InChI is InChI=1S/C19H19N3O2S/c1-12-7-8-15-17(9-12)25-19(21-15)22-10-13(11-22)18(23)20-14-5-3-4-6-16(14)24-2/h3-9,13H,10-11H2,1-2H3,(H,20,23). The van der Waals surface area contributed by atoms with Crippen LogP contribution in [0.1, 0.15) is 5.56 Å². The zero-order chi connectivity index (χ0) is 17.4. The van der Waals surface area contributed by atoms with Crippen LogP contribution in [0.15, 0.2) is 42.5 Å². The van der Waals surface area contributed by atoms with E-state index in [-0.39, 0.29) is 11.8 Å². The number of thiazole rings is 1. The van der Waals surface area contributed by atoms with Crippen molar-refractivity contribution < 1.29 is 9.53 Å². The molecule has 2 aromatic carbocycles. The molecule has 1 aliphatic heterocycles. The predicted molar refractivity (Wildman–Crippen MR) is 102 cm³/mol. The predicted octanol–water partition coefficient (Wildman–Crippen LogP) is 3.69. The molecule has 128 valence electrons. The van der Waals surface area contributed by atoms with Gasteiger partial charge in [0, 0.05) is 13.1 Å². The van der Waals surface area contributed by atoms with E-state index >= 15 is 0 Å². The molecule has 0 saturated carbocycles. The maximum atomic E-state index is 12.4. The maximum absolute atomic E-state index is 12.4. The van der Waals surface area contributed by atoms with Gasteiger partial charge in [-0.05, 0) is 36.8 Å². The summed E-state index contributed by atoms with van der Waals surface area (Å²) in [7, 11) is 1.60. The van der Waals surface area contributed by atoms with Crippen molar-refractivity contribution in [2.45, 2.75) is 6.92 Å². The number of para-hydroxylation sites is 2.